The molecule has 0 radical (unpaired) electrons. The highest BCUT2D eigenvalue weighted by atomic mass is 79.9. The molecule has 1 nitrogen and oxygen atoms in total. The predicted molar refractivity (Wildman–Crippen MR) is 73.2 cm³/mol. The quantitative estimate of drug-likeness (QED) is 0.806. The molecule has 0 aliphatic rings. The van der Waals surface area contributed by atoms with Gasteiger partial charge in [0.05, 0.1) is 0 Å². The zero-order valence-corrected chi connectivity index (χ0v) is 11.5. The van der Waals surface area contributed by atoms with E-state index in [-0.39, 0.29) is 0 Å². The van der Waals surface area contributed by atoms with Gasteiger partial charge in [0.15, 0.2) is 0 Å². The van der Waals surface area contributed by atoms with E-state index in [4.69, 9.17) is 0 Å². The first-order chi connectivity index (χ1) is 7.79. The van der Waals surface area contributed by atoms with Gasteiger partial charge in [0.2, 0.25) is 0 Å². The van der Waals surface area contributed by atoms with Crippen LogP contribution in [0.4, 0.5) is 0 Å². The standard InChI is InChI=1S/C14H18BrN/c1-3-5-10-14(16-11-4-2)12-8-6-7-9-13(12)15/h6-9,14,16H,4,10-11H2,1-2H3. The minimum Gasteiger partial charge on any atom is -0.309 e. The minimum absolute atomic E-state index is 0.322. The zero-order valence-electron chi connectivity index (χ0n) is 9.89. The van der Waals surface area contributed by atoms with Crippen LogP contribution in [0.25, 0.3) is 0 Å². The summed E-state index contributed by atoms with van der Waals surface area (Å²) in [6.07, 6.45) is 2.00. The van der Waals surface area contributed by atoms with Crippen LogP contribution in [0.1, 0.15) is 38.3 Å². The van der Waals surface area contributed by atoms with Crippen LogP contribution < -0.4 is 5.32 Å². The number of hydrogen-bond acceptors (Lipinski definition) is 1. The van der Waals surface area contributed by atoms with Crippen molar-refractivity contribution in [2.45, 2.75) is 32.7 Å². The molecule has 0 amide bonds. The minimum atomic E-state index is 0.322. The molecule has 86 valence electrons. The highest BCUT2D eigenvalue weighted by molar-refractivity contribution is 9.10. The van der Waals surface area contributed by atoms with Gasteiger partial charge in [-0.05, 0) is 31.5 Å². The third-order valence-electron chi connectivity index (χ3n) is 2.40. The lowest BCUT2D eigenvalue weighted by Gasteiger charge is -2.17. The maximum atomic E-state index is 3.59. The molecule has 1 aromatic carbocycles. The van der Waals surface area contributed by atoms with Crippen LogP contribution in [0, 0.1) is 11.8 Å². The Morgan fingerprint density at radius 2 is 2.12 bits per heavy atom. The van der Waals surface area contributed by atoms with E-state index in [0.29, 0.717) is 6.04 Å². The summed E-state index contributed by atoms with van der Waals surface area (Å²) < 4.78 is 1.15. The van der Waals surface area contributed by atoms with Gasteiger partial charge in [0, 0.05) is 16.9 Å². The van der Waals surface area contributed by atoms with Crippen molar-refractivity contribution in [1.82, 2.24) is 5.32 Å². The Labute approximate surface area is 107 Å². The molecular formula is C14H18BrN. The molecule has 0 spiro atoms. The number of hydrogen-bond donors (Lipinski definition) is 1. The summed E-state index contributed by atoms with van der Waals surface area (Å²) in [6, 6.07) is 8.66. The van der Waals surface area contributed by atoms with Crippen molar-refractivity contribution in [3.05, 3.63) is 34.3 Å². The summed E-state index contributed by atoms with van der Waals surface area (Å²) in [5, 5.41) is 3.53. The van der Waals surface area contributed by atoms with Crippen LogP contribution in [-0.4, -0.2) is 6.54 Å². The predicted octanol–water partition coefficient (Wildman–Crippen LogP) is 3.90. The molecule has 1 unspecified atom stereocenters. The second-order valence-electron chi connectivity index (χ2n) is 3.66. The topological polar surface area (TPSA) is 12.0 Å². The Morgan fingerprint density at radius 3 is 2.75 bits per heavy atom. The lowest BCUT2D eigenvalue weighted by Crippen LogP contribution is -2.22. The number of nitrogens with one attached hydrogen (secondary N) is 1. The largest absolute Gasteiger partial charge is 0.309 e. The van der Waals surface area contributed by atoms with E-state index >= 15 is 0 Å². The average molecular weight is 280 g/mol. The molecule has 0 aliphatic carbocycles. The third kappa shape index (κ3) is 4.00. The van der Waals surface area contributed by atoms with Gasteiger partial charge in [-0.15, -0.1) is 11.8 Å². The molecule has 1 rings (SSSR count). The van der Waals surface area contributed by atoms with Gasteiger partial charge >= 0.3 is 0 Å². The summed E-state index contributed by atoms with van der Waals surface area (Å²) in [5.41, 5.74) is 1.29. The van der Waals surface area contributed by atoms with Crippen LogP contribution in [0.2, 0.25) is 0 Å². The van der Waals surface area contributed by atoms with Crippen molar-refractivity contribution < 1.29 is 0 Å². The zero-order chi connectivity index (χ0) is 11.8. The van der Waals surface area contributed by atoms with Gasteiger partial charge in [-0.25, -0.2) is 0 Å². The fourth-order valence-electron chi connectivity index (χ4n) is 1.57. The monoisotopic (exact) mass is 279 g/mol. The molecule has 16 heavy (non-hydrogen) atoms. The first-order valence-corrected chi connectivity index (χ1v) is 6.46. The van der Waals surface area contributed by atoms with E-state index in [1.54, 1.807) is 0 Å². The lowest BCUT2D eigenvalue weighted by molar-refractivity contribution is 0.541. The fraction of sp³-hybridized carbons (Fsp3) is 0.429. The molecule has 0 heterocycles. The van der Waals surface area contributed by atoms with E-state index in [2.05, 4.69) is 58.2 Å². The molecule has 2 heteroatoms. The van der Waals surface area contributed by atoms with E-state index in [9.17, 15) is 0 Å². The number of benzene rings is 1. The fourth-order valence-corrected chi connectivity index (χ4v) is 2.13. The van der Waals surface area contributed by atoms with Crippen molar-refractivity contribution in [3.63, 3.8) is 0 Å². The number of halogens is 1. The second-order valence-corrected chi connectivity index (χ2v) is 4.51. The summed E-state index contributed by atoms with van der Waals surface area (Å²) in [7, 11) is 0. The highest BCUT2D eigenvalue weighted by Crippen LogP contribution is 2.25. The summed E-state index contributed by atoms with van der Waals surface area (Å²) in [6.45, 7) is 5.09. The second kappa shape index (κ2) is 7.49. The highest BCUT2D eigenvalue weighted by Gasteiger charge is 2.11. The Hall–Kier alpha value is -0.780. The van der Waals surface area contributed by atoms with Crippen molar-refractivity contribution >= 4 is 15.9 Å². The SMILES string of the molecule is CC#CCC(NCCC)c1ccccc1Br. The molecule has 0 bridgehead atoms. The van der Waals surface area contributed by atoms with Crippen LogP contribution in [0.5, 0.6) is 0 Å². The van der Waals surface area contributed by atoms with Gasteiger partial charge in [0.1, 0.15) is 0 Å². The molecule has 1 atom stereocenters. The first kappa shape index (κ1) is 13.3. The average Bonchev–Trinajstić information content (AvgIpc) is 2.31. The third-order valence-corrected chi connectivity index (χ3v) is 3.13. The smallest absolute Gasteiger partial charge is 0.0442 e. The van der Waals surface area contributed by atoms with Crippen molar-refractivity contribution in [1.29, 1.82) is 0 Å². The van der Waals surface area contributed by atoms with E-state index in [1.807, 2.05) is 13.0 Å². The van der Waals surface area contributed by atoms with Gasteiger partial charge in [0.25, 0.3) is 0 Å². The molecule has 1 N–H and O–H groups in total. The summed E-state index contributed by atoms with van der Waals surface area (Å²) in [5.74, 6) is 6.11. The normalized spacial score (nSPS) is 11.7. The van der Waals surface area contributed by atoms with E-state index in [0.717, 1.165) is 23.9 Å². The Kier molecular flexibility index (Phi) is 6.22. The Bertz CT molecular complexity index is 376. The maximum Gasteiger partial charge on any atom is 0.0442 e. The summed E-state index contributed by atoms with van der Waals surface area (Å²) >= 11 is 3.59. The molecule has 0 saturated heterocycles. The molecule has 1 aromatic rings. The molecule has 0 saturated carbocycles. The van der Waals surface area contributed by atoms with Gasteiger partial charge in [-0.3, -0.25) is 0 Å². The van der Waals surface area contributed by atoms with Crippen LogP contribution in [0.15, 0.2) is 28.7 Å². The lowest BCUT2D eigenvalue weighted by atomic mass is 10.0. The van der Waals surface area contributed by atoms with Crippen LogP contribution >= 0.6 is 15.9 Å². The van der Waals surface area contributed by atoms with E-state index in [1.165, 1.54) is 5.56 Å². The molecule has 0 fully saturated rings. The first-order valence-electron chi connectivity index (χ1n) is 5.67. The van der Waals surface area contributed by atoms with Gasteiger partial charge in [-0.2, -0.15) is 0 Å². The van der Waals surface area contributed by atoms with Gasteiger partial charge < -0.3 is 5.32 Å². The molecule has 0 aliphatic heterocycles. The van der Waals surface area contributed by atoms with Crippen molar-refractivity contribution in [2.24, 2.45) is 0 Å². The maximum absolute atomic E-state index is 3.59. The van der Waals surface area contributed by atoms with Crippen molar-refractivity contribution in [2.75, 3.05) is 6.54 Å². The Balaban J connectivity index is 2.81. The van der Waals surface area contributed by atoms with Crippen LogP contribution in [0.3, 0.4) is 0 Å². The van der Waals surface area contributed by atoms with Crippen molar-refractivity contribution in [3.8, 4) is 11.8 Å². The molecular weight excluding hydrogens is 262 g/mol. The summed E-state index contributed by atoms with van der Waals surface area (Å²) in [4.78, 5) is 0. The van der Waals surface area contributed by atoms with E-state index < -0.39 is 0 Å². The molecule has 0 aromatic heterocycles. The number of rotatable bonds is 5. The van der Waals surface area contributed by atoms with Gasteiger partial charge in [-0.1, -0.05) is 41.1 Å². The van der Waals surface area contributed by atoms with Crippen LogP contribution in [-0.2, 0) is 0 Å². The Morgan fingerprint density at radius 1 is 1.38 bits per heavy atom.